The molecule has 3 N–H and O–H groups in total. The van der Waals surface area contributed by atoms with Gasteiger partial charge in [-0.05, 0) is 88.1 Å². The topological polar surface area (TPSA) is 151 Å². The van der Waals surface area contributed by atoms with Gasteiger partial charge < -0.3 is 19.5 Å². The Morgan fingerprint density at radius 1 is 0.823 bits per heavy atom. The number of hydrazone groups is 1. The van der Waals surface area contributed by atoms with Crippen LogP contribution in [0.5, 0.6) is 5.75 Å². The molecule has 0 aliphatic carbocycles. The third kappa shape index (κ3) is 12.3. The minimum Gasteiger partial charge on any atom is -0.497 e. The van der Waals surface area contributed by atoms with Crippen molar-refractivity contribution in [1.29, 1.82) is 0 Å². The summed E-state index contributed by atoms with van der Waals surface area (Å²) in [6.45, 7) is 8.66. The van der Waals surface area contributed by atoms with E-state index in [0.29, 0.717) is 34.3 Å². The van der Waals surface area contributed by atoms with E-state index >= 15 is 0 Å². The SMILES string of the molecule is COc1ccc2c(c1)C(c1ccc(Cl)cc1)=NC(CC(=O)NCCCCCCCCCCCCCCCCNS(=O)(=O)c1cc(-c3c(C)noc3C)ccc1C)C1=NNC(C)N12. The second-order valence-corrected chi connectivity index (χ2v) is 18.8. The number of hydrogen-bond acceptors (Lipinski definition) is 10. The predicted octanol–water partition coefficient (Wildman–Crippen LogP) is 10.2. The van der Waals surface area contributed by atoms with Crippen LogP contribution in [0.15, 0.2) is 80.2 Å². The largest absolute Gasteiger partial charge is 0.497 e. The van der Waals surface area contributed by atoms with Gasteiger partial charge in [0.2, 0.25) is 15.9 Å². The number of benzene rings is 3. The first-order valence-corrected chi connectivity index (χ1v) is 24.3. The lowest BCUT2D eigenvalue weighted by Crippen LogP contribution is -2.43. The van der Waals surface area contributed by atoms with Gasteiger partial charge in [-0.15, -0.1) is 0 Å². The number of fused-ring (bicyclic) bond motifs is 3. The average Bonchev–Trinajstić information content (AvgIpc) is 3.77. The predicted molar refractivity (Wildman–Crippen MR) is 250 cm³/mol. The molecule has 6 rings (SSSR count). The molecule has 3 aromatic carbocycles. The highest BCUT2D eigenvalue weighted by Crippen LogP contribution is 2.35. The number of aromatic nitrogens is 1. The molecule has 0 radical (unpaired) electrons. The summed E-state index contributed by atoms with van der Waals surface area (Å²) in [6.07, 6.45) is 16.2. The van der Waals surface area contributed by atoms with Gasteiger partial charge in [0.15, 0.2) is 5.84 Å². The summed E-state index contributed by atoms with van der Waals surface area (Å²) in [5.74, 6) is 2.09. The fourth-order valence-corrected chi connectivity index (χ4v) is 9.88. The zero-order valence-corrected chi connectivity index (χ0v) is 38.6. The molecule has 2 aliphatic rings. The molecular formula is C48H64ClN7O5S. The highest BCUT2D eigenvalue weighted by molar-refractivity contribution is 7.89. The van der Waals surface area contributed by atoms with Gasteiger partial charge in [-0.3, -0.25) is 15.2 Å². The molecule has 1 aromatic heterocycles. The fourth-order valence-electron chi connectivity index (χ4n) is 8.41. The Morgan fingerprint density at radius 3 is 2.05 bits per heavy atom. The second kappa shape index (κ2) is 22.6. The van der Waals surface area contributed by atoms with Gasteiger partial charge in [-0.1, -0.05) is 118 Å². The Morgan fingerprint density at radius 2 is 1.44 bits per heavy atom. The van der Waals surface area contributed by atoms with Crippen LogP contribution in [0.3, 0.4) is 0 Å². The number of hydrogen-bond donors (Lipinski definition) is 3. The van der Waals surface area contributed by atoms with Crippen LogP contribution in [0.25, 0.3) is 11.1 Å². The van der Waals surface area contributed by atoms with Gasteiger partial charge in [0.1, 0.15) is 23.7 Å². The maximum Gasteiger partial charge on any atom is 0.240 e. The number of amidine groups is 1. The van der Waals surface area contributed by atoms with E-state index in [-0.39, 0.29) is 18.5 Å². The number of sulfonamides is 1. The van der Waals surface area contributed by atoms with Crippen molar-refractivity contribution in [3.8, 4) is 16.9 Å². The Hall–Kier alpha value is -4.72. The number of aryl methyl sites for hydroxylation is 3. The number of anilines is 1. The van der Waals surface area contributed by atoms with Crippen molar-refractivity contribution >= 4 is 44.8 Å². The Bertz CT molecular complexity index is 2270. The first-order valence-electron chi connectivity index (χ1n) is 22.4. The summed E-state index contributed by atoms with van der Waals surface area (Å²) in [5, 5.41) is 12.5. The molecule has 0 saturated heterocycles. The lowest BCUT2D eigenvalue weighted by Gasteiger charge is -2.27. The number of carbonyl (C=O) groups is 1. The first-order chi connectivity index (χ1) is 30.0. The lowest BCUT2D eigenvalue weighted by atomic mass is 9.99. The van der Waals surface area contributed by atoms with Crippen molar-refractivity contribution in [3.05, 3.63) is 93.8 Å². The molecule has 2 atom stereocenters. The van der Waals surface area contributed by atoms with Crippen LogP contribution in [0.2, 0.25) is 5.02 Å². The molecule has 2 unspecified atom stereocenters. The van der Waals surface area contributed by atoms with Gasteiger partial charge in [0, 0.05) is 34.8 Å². The molecule has 12 nitrogen and oxygen atoms in total. The smallest absolute Gasteiger partial charge is 0.240 e. The summed E-state index contributed by atoms with van der Waals surface area (Å²) in [7, 11) is -1.96. The first kappa shape index (κ1) is 46.8. The number of nitrogens with one attached hydrogen (secondary N) is 3. The van der Waals surface area contributed by atoms with Crippen LogP contribution >= 0.6 is 11.6 Å². The minimum atomic E-state index is -3.61. The summed E-state index contributed by atoms with van der Waals surface area (Å²) in [6, 6.07) is 18.6. The number of ether oxygens (including phenoxy) is 1. The van der Waals surface area contributed by atoms with E-state index in [0.717, 1.165) is 83.0 Å². The van der Waals surface area contributed by atoms with Gasteiger partial charge >= 0.3 is 0 Å². The summed E-state index contributed by atoms with van der Waals surface area (Å²) in [5.41, 5.74) is 9.83. The number of unbranched alkanes of at least 4 members (excludes halogenated alkanes) is 13. The molecule has 2 aliphatic heterocycles. The summed E-state index contributed by atoms with van der Waals surface area (Å²) in [4.78, 5) is 20.9. The van der Waals surface area contributed by atoms with E-state index in [2.05, 4.69) is 30.6 Å². The van der Waals surface area contributed by atoms with Crippen molar-refractivity contribution in [1.82, 2.24) is 20.6 Å². The maximum atomic E-state index is 13.3. The van der Waals surface area contributed by atoms with E-state index < -0.39 is 16.1 Å². The lowest BCUT2D eigenvalue weighted by molar-refractivity contribution is -0.121. The van der Waals surface area contributed by atoms with Gasteiger partial charge in [-0.25, -0.2) is 13.1 Å². The molecule has 0 bridgehead atoms. The Kier molecular flexibility index (Phi) is 17.0. The van der Waals surface area contributed by atoms with Crippen LogP contribution in [-0.4, -0.2) is 63.4 Å². The number of methoxy groups -OCH3 is 1. The highest BCUT2D eigenvalue weighted by atomic mass is 35.5. The van der Waals surface area contributed by atoms with Crippen LogP contribution < -0.4 is 25.1 Å². The molecule has 4 aromatic rings. The monoisotopic (exact) mass is 885 g/mol. The molecule has 0 fully saturated rings. The van der Waals surface area contributed by atoms with E-state index in [1.54, 1.807) is 13.2 Å². The molecule has 1 amide bonds. The van der Waals surface area contributed by atoms with Crippen LogP contribution in [-0.2, 0) is 14.8 Å². The fraction of sp³-hybridized carbons (Fsp3) is 0.500. The number of nitrogens with zero attached hydrogens (tertiary/aromatic N) is 4. The normalized spacial score (nSPS) is 15.9. The third-order valence-corrected chi connectivity index (χ3v) is 13.7. The Labute approximate surface area is 373 Å². The molecular weight excluding hydrogens is 822 g/mol. The number of amides is 1. The van der Waals surface area contributed by atoms with Crippen molar-refractivity contribution in [2.45, 2.75) is 141 Å². The van der Waals surface area contributed by atoms with Gasteiger partial charge in [0.05, 0.1) is 35.5 Å². The average molecular weight is 887 g/mol. The van der Waals surface area contributed by atoms with Gasteiger partial charge in [0.25, 0.3) is 0 Å². The molecule has 0 saturated carbocycles. The zero-order chi connectivity index (χ0) is 44.1. The standard InChI is InChI=1S/C48H64ClN7O5S/c1-33-20-21-38(46-34(2)55-61-35(46)3)30-44(33)62(58,59)51-29-19-17-15-13-11-9-7-6-8-10-12-14-16-18-28-50-45(57)32-42-48-54-53-36(4)56(48)43-27-26-40(60-5)31-41(43)47(52-42)37-22-24-39(49)25-23-37/h20-27,30-31,36,42,51,53H,6-19,28-29,32H2,1-5H3,(H,50,57). The molecule has 14 heteroatoms. The minimum absolute atomic E-state index is 0.0362. The highest BCUT2D eigenvalue weighted by Gasteiger charge is 2.37. The molecule has 62 heavy (non-hydrogen) atoms. The van der Waals surface area contributed by atoms with E-state index in [9.17, 15) is 13.2 Å². The molecule has 3 heterocycles. The maximum absolute atomic E-state index is 13.3. The quantitative estimate of drug-likeness (QED) is 0.0589. The van der Waals surface area contributed by atoms with Crippen LogP contribution in [0.1, 0.15) is 131 Å². The van der Waals surface area contributed by atoms with Crippen molar-refractivity contribution in [2.24, 2.45) is 10.1 Å². The number of halogens is 1. The van der Waals surface area contributed by atoms with Crippen LogP contribution in [0, 0.1) is 20.8 Å². The second-order valence-electron chi connectivity index (χ2n) is 16.6. The number of carbonyl (C=O) groups excluding carboxylic acids is 1. The third-order valence-electron chi connectivity index (χ3n) is 11.8. The summed E-state index contributed by atoms with van der Waals surface area (Å²) < 4.78 is 39.9. The number of aliphatic imine (C=N–C) groups is 1. The number of rotatable bonds is 24. The molecule has 334 valence electrons. The van der Waals surface area contributed by atoms with Crippen LogP contribution in [0.4, 0.5) is 5.69 Å². The van der Waals surface area contributed by atoms with E-state index in [1.807, 2.05) is 82.3 Å². The van der Waals surface area contributed by atoms with Crippen molar-refractivity contribution in [3.63, 3.8) is 0 Å². The zero-order valence-electron chi connectivity index (χ0n) is 37.1. The van der Waals surface area contributed by atoms with Crippen molar-refractivity contribution in [2.75, 3.05) is 25.1 Å². The van der Waals surface area contributed by atoms with Crippen molar-refractivity contribution < 1.29 is 22.5 Å². The van der Waals surface area contributed by atoms with E-state index in [4.69, 9.17) is 25.9 Å². The Balaban J connectivity index is 0.806. The van der Waals surface area contributed by atoms with Gasteiger partial charge in [-0.2, -0.15) is 5.10 Å². The molecule has 0 spiro atoms. The van der Waals surface area contributed by atoms with E-state index in [1.165, 1.54) is 57.8 Å². The summed E-state index contributed by atoms with van der Waals surface area (Å²) >= 11 is 6.24.